The lowest BCUT2D eigenvalue weighted by Gasteiger charge is -2.32. The number of hydrogen-bond donors (Lipinski definition) is 2. The summed E-state index contributed by atoms with van der Waals surface area (Å²) in [7, 11) is 0. The molecule has 2 rings (SSSR count). The van der Waals surface area contributed by atoms with Crippen LogP contribution < -0.4 is 0 Å². The Labute approximate surface area is 197 Å². The molecule has 0 aliphatic rings. The average molecular weight is 445 g/mol. The van der Waals surface area contributed by atoms with Crippen LogP contribution in [0.5, 0.6) is 0 Å². The fourth-order valence-electron chi connectivity index (χ4n) is 4.49. The van der Waals surface area contributed by atoms with Crippen LogP contribution in [0, 0.1) is 24.7 Å². The van der Waals surface area contributed by atoms with Crippen molar-refractivity contribution in [1.29, 1.82) is 0 Å². The molecule has 0 heterocycles. The van der Waals surface area contributed by atoms with Crippen molar-refractivity contribution in [3.8, 4) is 24.7 Å². The first kappa shape index (κ1) is 25.8. The minimum atomic E-state index is -0.964. The molecule has 2 aromatic rings. The zero-order valence-corrected chi connectivity index (χ0v) is 19.5. The summed E-state index contributed by atoms with van der Waals surface area (Å²) >= 11 is 0. The second-order valence-corrected chi connectivity index (χ2v) is 8.72. The predicted molar refractivity (Wildman–Crippen MR) is 132 cm³/mol. The van der Waals surface area contributed by atoms with E-state index in [-0.39, 0.29) is 11.1 Å². The van der Waals surface area contributed by atoms with Gasteiger partial charge in [0.15, 0.2) is 0 Å². The summed E-state index contributed by atoms with van der Waals surface area (Å²) in [5, 5.41) is 19.7. The molecule has 2 aromatic carbocycles. The molecule has 0 amide bonds. The van der Waals surface area contributed by atoms with E-state index in [1.165, 1.54) is 0 Å². The molecular formula is C29H32O4. The van der Waals surface area contributed by atoms with Crippen molar-refractivity contribution in [2.75, 3.05) is 0 Å². The molecule has 0 spiro atoms. The van der Waals surface area contributed by atoms with Gasteiger partial charge in [0.05, 0.1) is 11.1 Å². The Kier molecular flexibility index (Phi) is 9.31. The highest BCUT2D eigenvalue weighted by molar-refractivity contribution is 5.91. The SMILES string of the molecule is C#CCCCCc1c(C(=O)O)cccc1C(C)(C)c1cccc(C(=O)O)c1CCCCC#C. The van der Waals surface area contributed by atoms with Gasteiger partial charge < -0.3 is 10.2 Å². The highest BCUT2D eigenvalue weighted by atomic mass is 16.4. The number of benzene rings is 2. The number of unbranched alkanes of at least 4 members (excludes halogenated alkanes) is 4. The average Bonchev–Trinajstić information content (AvgIpc) is 2.79. The number of terminal acetylenes is 2. The van der Waals surface area contributed by atoms with Gasteiger partial charge in [-0.3, -0.25) is 0 Å². The van der Waals surface area contributed by atoms with Gasteiger partial charge in [0.1, 0.15) is 0 Å². The number of rotatable bonds is 12. The highest BCUT2D eigenvalue weighted by Gasteiger charge is 2.31. The summed E-state index contributed by atoms with van der Waals surface area (Å²) < 4.78 is 0. The second-order valence-electron chi connectivity index (χ2n) is 8.72. The van der Waals surface area contributed by atoms with Crippen LogP contribution in [0.15, 0.2) is 36.4 Å². The van der Waals surface area contributed by atoms with E-state index in [4.69, 9.17) is 12.8 Å². The summed E-state index contributed by atoms with van der Waals surface area (Å²) in [6.45, 7) is 4.07. The van der Waals surface area contributed by atoms with Crippen molar-refractivity contribution in [3.05, 3.63) is 69.8 Å². The van der Waals surface area contributed by atoms with E-state index in [0.717, 1.165) is 47.9 Å². The third-order valence-electron chi connectivity index (χ3n) is 6.16. The van der Waals surface area contributed by atoms with Gasteiger partial charge in [-0.25, -0.2) is 9.59 Å². The maximum atomic E-state index is 12.0. The number of carboxylic acid groups (broad SMARTS) is 2. The van der Waals surface area contributed by atoms with E-state index in [1.54, 1.807) is 24.3 Å². The van der Waals surface area contributed by atoms with Crippen molar-refractivity contribution in [2.45, 2.75) is 70.6 Å². The summed E-state index contributed by atoms with van der Waals surface area (Å²) in [4.78, 5) is 24.0. The number of hydrogen-bond acceptors (Lipinski definition) is 2. The third kappa shape index (κ3) is 6.27. The Morgan fingerprint density at radius 2 is 1.15 bits per heavy atom. The zero-order chi connectivity index (χ0) is 24.4. The maximum Gasteiger partial charge on any atom is 0.335 e. The smallest absolute Gasteiger partial charge is 0.335 e. The quantitative estimate of drug-likeness (QED) is 0.306. The molecule has 0 saturated carbocycles. The van der Waals surface area contributed by atoms with E-state index < -0.39 is 17.4 Å². The largest absolute Gasteiger partial charge is 0.478 e. The normalized spacial score (nSPS) is 10.9. The van der Waals surface area contributed by atoms with E-state index in [0.29, 0.717) is 25.7 Å². The molecular weight excluding hydrogens is 412 g/mol. The van der Waals surface area contributed by atoms with Crippen LogP contribution in [0.1, 0.15) is 95.3 Å². The van der Waals surface area contributed by atoms with Crippen LogP contribution in [-0.4, -0.2) is 22.2 Å². The number of carboxylic acids is 2. The van der Waals surface area contributed by atoms with Crippen LogP contribution in [0.25, 0.3) is 0 Å². The maximum absolute atomic E-state index is 12.0. The van der Waals surface area contributed by atoms with Crippen LogP contribution in [-0.2, 0) is 18.3 Å². The van der Waals surface area contributed by atoms with Crippen molar-refractivity contribution in [2.24, 2.45) is 0 Å². The second kappa shape index (κ2) is 11.9. The van der Waals surface area contributed by atoms with E-state index >= 15 is 0 Å². The Morgan fingerprint density at radius 1 is 0.758 bits per heavy atom. The molecule has 4 heteroatoms. The Balaban J connectivity index is 2.61. The van der Waals surface area contributed by atoms with Crippen LogP contribution in [0.4, 0.5) is 0 Å². The van der Waals surface area contributed by atoms with Crippen LogP contribution >= 0.6 is 0 Å². The van der Waals surface area contributed by atoms with Gasteiger partial charge in [-0.1, -0.05) is 38.1 Å². The third-order valence-corrected chi connectivity index (χ3v) is 6.16. The van der Waals surface area contributed by atoms with Crippen LogP contribution in [0.3, 0.4) is 0 Å². The molecule has 4 nitrogen and oxygen atoms in total. The Hall–Kier alpha value is -3.50. The standard InChI is InChI=1S/C29H32O4/c1-5-7-9-11-15-21-23(27(30)31)17-13-19-25(21)29(3,4)26-20-14-18-24(28(32)33)22(26)16-12-10-8-6-2/h1-2,13-14,17-20H,7-12,15-16H2,3-4H3,(H,30,31)(H,32,33). The topological polar surface area (TPSA) is 74.6 Å². The van der Waals surface area contributed by atoms with Crippen molar-refractivity contribution in [3.63, 3.8) is 0 Å². The van der Waals surface area contributed by atoms with Gasteiger partial charge in [-0.05, 0) is 72.9 Å². The van der Waals surface area contributed by atoms with Crippen molar-refractivity contribution >= 4 is 11.9 Å². The molecule has 0 radical (unpaired) electrons. The monoisotopic (exact) mass is 444 g/mol. The summed E-state index contributed by atoms with van der Waals surface area (Å²) in [5.41, 5.74) is 3.33. The lowest BCUT2D eigenvalue weighted by Crippen LogP contribution is -2.25. The first-order valence-electron chi connectivity index (χ1n) is 11.3. The summed E-state index contributed by atoms with van der Waals surface area (Å²) in [5.74, 6) is 3.33. The molecule has 0 saturated heterocycles. The summed E-state index contributed by atoms with van der Waals surface area (Å²) in [6.07, 6.45) is 16.4. The van der Waals surface area contributed by atoms with E-state index in [9.17, 15) is 19.8 Å². The molecule has 0 aromatic heterocycles. The van der Waals surface area contributed by atoms with Gasteiger partial charge in [0.25, 0.3) is 0 Å². The Bertz CT molecular complexity index is 994. The molecule has 2 N–H and O–H groups in total. The minimum Gasteiger partial charge on any atom is -0.478 e. The lowest BCUT2D eigenvalue weighted by molar-refractivity contribution is 0.0684. The van der Waals surface area contributed by atoms with Gasteiger partial charge in [-0.2, -0.15) is 0 Å². The van der Waals surface area contributed by atoms with Gasteiger partial charge in [0, 0.05) is 18.3 Å². The van der Waals surface area contributed by atoms with E-state index in [1.807, 2.05) is 26.0 Å². The fourth-order valence-corrected chi connectivity index (χ4v) is 4.49. The molecule has 0 unspecified atom stereocenters. The molecule has 172 valence electrons. The van der Waals surface area contributed by atoms with Gasteiger partial charge in [0.2, 0.25) is 0 Å². The van der Waals surface area contributed by atoms with E-state index in [2.05, 4.69) is 11.8 Å². The van der Waals surface area contributed by atoms with Gasteiger partial charge >= 0.3 is 11.9 Å². The first-order valence-corrected chi connectivity index (χ1v) is 11.3. The molecule has 0 fully saturated rings. The number of aromatic carboxylic acids is 2. The van der Waals surface area contributed by atoms with Crippen LogP contribution in [0.2, 0.25) is 0 Å². The predicted octanol–water partition coefficient (Wildman–Crippen LogP) is 6.10. The highest BCUT2D eigenvalue weighted by Crippen LogP contribution is 2.39. The molecule has 0 aliphatic heterocycles. The molecule has 0 atom stereocenters. The number of carbonyl (C=O) groups is 2. The zero-order valence-electron chi connectivity index (χ0n) is 19.5. The van der Waals surface area contributed by atoms with Crippen molar-refractivity contribution < 1.29 is 19.8 Å². The lowest BCUT2D eigenvalue weighted by atomic mass is 9.71. The fraction of sp³-hybridized carbons (Fsp3) is 0.379. The summed E-state index contributed by atoms with van der Waals surface area (Å²) in [6, 6.07) is 10.7. The molecule has 33 heavy (non-hydrogen) atoms. The minimum absolute atomic E-state index is 0.284. The first-order chi connectivity index (χ1) is 15.8. The molecule has 0 bridgehead atoms. The van der Waals surface area contributed by atoms with Crippen molar-refractivity contribution in [1.82, 2.24) is 0 Å². The van der Waals surface area contributed by atoms with Gasteiger partial charge in [-0.15, -0.1) is 24.7 Å². The Morgan fingerprint density at radius 3 is 1.48 bits per heavy atom. The molecule has 0 aliphatic carbocycles.